The third kappa shape index (κ3) is 3.88. The molecule has 0 aliphatic heterocycles. The summed E-state index contributed by atoms with van der Waals surface area (Å²) in [4.78, 5) is 23.2. The van der Waals surface area contributed by atoms with Crippen molar-refractivity contribution >= 4 is 11.9 Å². The van der Waals surface area contributed by atoms with Gasteiger partial charge in [0.2, 0.25) is 0 Å². The Morgan fingerprint density at radius 2 is 1.60 bits per heavy atom. The SMILES string of the molecule is COc1cc(OC)cc(C(=O)N[C@@H](C(=O)O)C(C)C)c1. The lowest BCUT2D eigenvalue weighted by Gasteiger charge is -2.18. The fourth-order valence-electron chi connectivity index (χ4n) is 1.68. The summed E-state index contributed by atoms with van der Waals surface area (Å²) in [6.07, 6.45) is 0. The number of carbonyl (C=O) groups is 2. The number of hydrogen-bond donors (Lipinski definition) is 2. The Hall–Kier alpha value is -2.24. The van der Waals surface area contributed by atoms with Gasteiger partial charge in [-0.3, -0.25) is 4.79 Å². The number of amides is 1. The van der Waals surface area contributed by atoms with Gasteiger partial charge in [-0.15, -0.1) is 0 Å². The molecule has 110 valence electrons. The molecule has 0 aromatic heterocycles. The van der Waals surface area contributed by atoms with Crippen molar-refractivity contribution in [1.29, 1.82) is 0 Å². The highest BCUT2D eigenvalue weighted by Crippen LogP contribution is 2.22. The summed E-state index contributed by atoms with van der Waals surface area (Å²) in [5.41, 5.74) is 0.285. The normalized spacial score (nSPS) is 11.8. The lowest BCUT2D eigenvalue weighted by molar-refractivity contribution is -0.140. The second-order valence-corrected chi connectivity index (χ2v) is 4.63. The van der Waals surface area contributed by atoms with Crippen LogP contribution < -0.4 is 14.8 Å². The van der Waals surface area contributed by atoms with E-state index in [0.29, 0.717) is 11.5 Å². The van der Waals surface area contributed by atoms with E-state index < -0.39 is 17.9 Å². The Labute approximate surface area is 117 Å². The van der Waals surface area contributed by atoms with Crippen molar-refractivity contribution in [3.63, 3.8) is 0 Å². The molecule has 1 aromatic rings. The topological polar surface area (TPSA) is 84.9 Å². The van der Waals surface area contributed by atoms with Crippen LogP contribution in [0.25, 0.3) is 0 Å². The lowest BCUT2D eigenvalue weighted by atomic mass is 10.0. The summed E-state index contributed by atoms with van der Waals surface area (Å²) < 4.78 is 10.1. The minimum atomic E-state index is -1.07. The molecule has 20 heavy (non-hydrogen) atoms. The van der Waals surface area contributed by atoms with Gasteiger partial charge in [-0.05, 0) is 18.1 Å². The van der Waals surface area contributed by atoms with Gasteiger partial charge < -0.3 is 19.9 Å². The summed E-state index contributed by atoms with van der Waals surface area (Å²) in [7, 11) is 2.95. The summed E-state index contributed by atoms with van der Waals surface area (Å²) in [5.74, 6) is -0.840. The van der Waals surface area contributed by atoms with Gasteiger partial charge in [-0.25, -0.2) is 4.79 Å². The smallest absolute Gasteiger partial charge is 0.326 e. The van der Waals surface area contributed by atoms with Gasteiger partial charge in [0.1, 0.15) is 17.5 Å². The van der Waals surface area contributed by atoms with Crippen molar-refractivity contribution in [2.24, 2.45) is 5.92 Å². The first-order chi connectivity index (χ1) is 9.38. The molecule has 6 heteroatoms. The maximum Gasteiger partial charge on any atom is 0.326 e. The zero-order valence-electron chi connectivity index (χ0n) is 12.0. The third-order valence-electron chi connectivity index (χ3n) is 2.83. The number of methoxy groups -OCH3 is 2. The molecular weight excluding hydrogens is 262 g/mol. The number of hydrogen-bond acceptors (Lipinski definition) is 4. The van der Waals surface area contributed by atoms with Gasteiger partial charge in [0, 0.05) is 11.6 Å². The van der Waals surface area contributed by atoms with Crippen LogP contribution in [-0.2, 0) is 4.79 Å². The van der Waals surface area contributed by atoms with Crippen LogP contribution in [-0.4, -0.2) is 37.2 Å². The standard InChI is InChI=1S/C14H19NO5/c1-8(2)12(14(17)18)15-13(16)9-5-10(19-3)7-11(6-9)20-4/h5-8,12H,1-4H3,(H,15,16)(H,17,18)/t12-/m1/s1. The second kappa shape index (κ2) is 6.79. The van der Waals surface area contributed by atoms with Crippen molar-refractivity contribution < 1.29 is 24.2 Å². The maximum absolute atomic E-state index is 12.1. The highest BCUT2D eigenvalue weighted by Gasteiger charge is 2.24. The molecule has 0 spiro atoms. The van der Waals surface area contributed by atoms with Crippen LogP contribution >= 0.6 is 0 Å². The Morgan fingerprint density at radius 3 is 1.95 bits per heavy atom. The van der Waals surface area contributed by atoms with E-state index >= 15 is 0 Å². The number of nitrogens with one attached hydrogen (secondary N) is 1. The number of ether oxygens (including phenoxy) is 2. The van der Waals surface area contributed by atoms with Crippen LogP contribution in [0.2, 0.25) is 0 Å². The summed E-state index contributed by atoms with van der Waals surface area (Å²) in [6.45, 7) is 3.45. The highest BCUT2D eigenvalue weighted by atomic mass is 16.5. The molecule has 0 heterocycles. The summed E-state index contributed by atoms with van der Waals surface area (Å²) in [5, 5.41) is 11.6. The first kappa shape index (κ1) is 15.8. The lowest BCUT2D eigenvalue weighted by Crippen LogP contribution is -2.44. The molecule has 1 atom stereocenters. The predicted octanol–water partition coefficient (Wildman–Crippen LogP) is 1.54. The van der Waals surface area contributed by atoms with Gasteiger partial charge in [-0.1, -0.05) is 13.8 Å². The van der Waals surface area contributed by atoms with Crippen LogP contribution in [0.1, 0.15) is 24.2 Å². The molecule has 2 N–H and O–H groups in total. The first-order valence-corrected chi connectivity index (χ1v) is 6.15. The van der Waals surface area contributed by atoms with Crippen molar-refractivity contribution in [1.82, 2.24) is 5.32 Å². The van der Waals surface area contributed by atoms with Crippen molar-refractivity contribution in [2.75, 3.05) is 14.2 Å². The molecule has 1 amide bonds. The quantitative estimate of drug-likeness (QED) is 0.826. The number of carboxylic acid groups (broad SMARTS) is 1. The molecule has 0 saturated carbocycles. The fraction of sp³-hybridized carbons (Fsp3) is 0.429. The minimum absolute atomic E-state index is 0.219. The minimum Gasteiger partial charge on any atom is -0.497 e. The van der Waals surface area contributed by atoms with Crippen LogP contribution in [0.3, 0.4) is 0 Å². The molecular formula is C14H19NO5. The Kier molecular flexibility index (Phi) is 5.37. The van der Waals surface area contributed by atoms with Crippen LogP contribution in [0.15, 0.2) is 18.2 Å². The van der Waals surface area contributed by atoms with E-state index in [0.717, 1.165) is 0 Å². The molecule has 0 bridgehead atoms. The van der Waals surface area contributed by atoms with Gasteiger partial charge >= 0.3 is 5.97 Å². The molecule has 1 aromatic carbocycles. The van der Waals surface area contributed by atoms with Crippen LogP contribution in [0, 0.1) is 5.92 Å². The largest absolute Gasteiger partial charge is 0.497 e. The summed E-state index contributed by atoms with van der Waals surface area (Å²) in [6, 6.07) is 3.74. The monoisotopic (exact) mass is 281 g/mol. The first-order valence-electron chi connectivity index (χ1n) is 6.15. The van der Waals surface area contributed by atoms with Gasteiger partial charge in [0.05, 0.1) is 14.2 Å². The Morgan fingerprint density at radius 1 is 1.10 bits per heavy atom. The number of aliphatic carboxylic acids is 1. The molecule has 0 radical (unpaired) electrons. The molecule has 6 nitrogen and oxygen atoms in total. The number of benzene rings is 1. The van der Waals surface area contributed by atoms with E-state index in [4.69, 9.17) is 14.6 Å². The van der Waals surface area contributed by atoms with Crippen molar-refractivity contribution in [2.45, 2.75) is 19.9 Å². The van der Waals surface area contributed by atoms with E-state index in [1.165, 1.54) is 26.4 Å². The molecule has 0 fully saturated rings. The van der Waals surface area contributed by atoms with Gasteiger partial charge in [-0.2, -0.15) is 0 Å². The predicted molar refractivity (Wildman–Crippen MR) is 73.3 cm³/mol. The molecule has 0 saturated heterocycles. The number of rotatable bonds is 6. The number of carbonyl (C=O) groups excluding carboxylic acids is 1. The average molecular weight is 281 g/mol. The summed E-state index contributed by atoms with van der Waals surface area (Å²) >= 11 is 0. The van der Waals surface area contributed by atoms with Crippen molar-refractivity contribution in [3.05, 3.63) is 23.8 Å². The highest BCUT2D eigenvalue weighted by molar-refractivity contribution is 5.97. The van der Waals surface area contributed by atoms with Gasteiger partial charge in [0.25, 0.3) is 5.91 Å². The van der Waals surface area contributed by atoms with E-state index in [1.54, 1.807) is 19.9 Å². The van der Waals surface area contributed by atoms with Crippen LogP contribution in [0.5, 0.6) is 11.5 Å². The molecule has 0 aliphatic carbocycles. The Balaban J connectivity index is 2.99. The van der Waals surface area contributed by atoms with Crippen LogP contribution in [0.4, 0.5) is 0 Å². The molecule has 0 unspecified atom stereocenters. The number of carboxylic acids is 1. The maximum atomic E-state index is 12.1. The van der Waals surface area contributed by atoms with Crippen molar-refractivity contribution in [3.8, 4) is 11.5 Å². The van der Waals surface area contributed by atoms with E-state index in [2.05, 4.69) is 5.32 Å². The zero-order valence-corrected chi connectivity index (χ0v) is 12.0. The Bertz CT molecular complexity index is 476. The average Bonchev–Trinajstić information content (AvgIpc) is 2.42. The second-order valence-electron chi connectivity index (χ2n) is 4.63. The fourth-order valence-corrected chi connectivity index (χ4v) is 1.68. The zero-order chi connectivity index (χ0) is 15.3. The third-order valence-corrected chi connectivity index (χ3v) is 2.83. The molecule has 1 rings (SSSR count). The van der Waals surface area contributed by atoms with E-state index in [1.807, 2.05) is 0 Å². The molecule has 0 aliphatic rings. The van der Waals surface area contributed by atoms with E-state index in [-0.39, 0.29) is 11.5 Å². The van der Waals surface area contributed by atoms with Gasteiger partial charge in [0.15, 0.2) is 0 Å². The van der Waals surface area contributed by atoms with E-state index in [9.17, 15) is 9.59 Å².